The first-order valence-corrected chi connectivity index (χ1v) is 16.5. The fraction of sp³-hybridized carbons (Fsp3) is 0.500. The monoisotopic (exact) mass is 680 g/mol. The summed E-state index contributed by atoms with van der Waals surface area (Å²) in [5, 5.41) is 29.9. The fourth-order valence-corrected chi connectivity index (χ4v) is 5.62. The molecule has 254 valence electrons. The van der Waals surface area contributed by atoms with Crippen LogP contribution in [0.2, 0.25) is 5.02 Å². The summed E-state index contributed by atoms with van der Waals surface area (Å²) in [6.07, 6.45) is 1.24. The molecule has 0 fully saturated rings. The van der Waals surface area contributed by atoms with Crippen molar-refractivity contribution in [2.45, 2.75) is 46.0 Å². The zero-order chi connectivity index (χ0) is 33.9. The van der Waals surface area contributed by atoms with Crippen LogP contribution in [0.25, 0.3) is 10.2 Å². The average Bonchev–Trinajstić information content (AvgIpc) is 3.43. The van der Waals surface area contributed by atoms with Gasteiger partial charge in [-0.25, -0.2) is 0 Å². The first-order chi connectivity index (χ1) is 22.0. The van der Waals surface area contributed by atoms with E-state index in [4.69, 9.17) is 26.6 Å². The molecular weight excluding hydrogens is 636 g/mol. The number of aromatic nitrogens is 1. The highest BCUT2D eigenvalue weighted by molar-refractivity contribution is 7.16. The number of aromatic amines is 1. The summed E-state index contributed by atoms with van der Waals surface area (Å²) in [4.78, 5) is 50.8. The number of phenols is 1. The maximum absolute atomic E-state index is 13.0. The molecule has 5 N–H and O–H groups in total. The largest absolute Gasteiger partial charge is 0.506 e. The van der Waals surface area contributed by atoms with Crippen LogP contribution in [0, 0.1) is 0 Å². The van der Waals surface area contributed by atoms with Crippen LogP contribution in [0.5, 0.6) is 5.75 Å². The Bertz CT molecular complexity index is 1430. The van der Waals surface area contributed by atoms with E-state index >= 15 is 0 Å². The Labute approximate surface area is 277 Å². The van der Waals surface area contributed by atoms with Crippen molar-refractivity contribution in [1.29, 1.82) is 0 Å². The number of carbonyl (C=O) groups is 3. The van der Waals surface area contributed by atoms with Crippen LogP contribution in [-0.4, -0.2) is 107 Å². The SMILES string of the molecule is CCN(CC)CCN(CCNCCc1ccc(O)c2[nH]c(=O)sc12)C(=O)CCOCCc1cccc(Cl)c1.O=C(O)CCC(=O)O. The van der Waals surface area contributed by atoms with E-state index < -0.39 is 11.9 Å². The topological polar surface area (TPSA) is 172 Å². The number of H-pyrrole nitrogens is 1. The highest BCUT2D eigenvalue weighted by Crippen LogP contribution is 2.27. The number of likely N-dealkylation sites (N-methyl/N-ethyl adjacent to an activating group) is 1. The Balaban J connectivity index is 0.000000812. The van der Waals surface area contributed by atoms with Gasteiger partial charge in [-0.2, -0.15) is 0 Å². The molecular formula is C32H45ClN4O8S. The van der Waals surface area contributed by atoms with E-state index in [0.29, 0.717) is 56.4 Å². The van der Waals surface area contributed by atoms with Crippen molar-refractivity contribution < 1.29 is 34.4 Å². The van der Waals surface area contributed by atoms with E-state index in [1.165, 1.54) is 0 Å². The van der Waals surface area contributed by atoms with Gasteiger partial charge in [-0.05, 0) is 61.8 Å². The molecule has 14 heteroatoms. The van der Waals surface area contributed by atoms with Gasteiger partial charge in [0.2, 0.25) is 5.91 Å². The number of aliphatic carboxylic acids is 2. The summed E-state index contributed by atoms with van der Waals surface area (Å²) < 4.78 is 6.54. The predicted octanol–water partition coefficient (Wildman–Crippen LogP) is 3.84. The van der Waals surface area contributed by atoms with Crippen LogP contribution in [-0.2, 0) is 32.0 Å². The molecule has 0 aliphatic carbocycles. The lowest BCUT2D eigenvalue weighted by Gasteiger charge is -2.27. The summed E-state index contributed by atoms with van der Waals surface area (Å²) in [7, 11) is 0. The van der Waals surface area contributed by atoms with Gasteiger partial charge >= 0.3 is 16.8 Å². The second kappa shape index (κ2) is 21.3. The van der Waals surface area contributed by atoms with E-state index in [1.54, 1.807) is 6.07 Å². The van der Waals surface area contributed by atoms with Crippen LogP contribution in [0.4, 0.5) is 0 Å². The molecule has 1 amide bonds. The Morgan fingerprint density at radius 3 is 2.30 bits per heavy atom. The molecule has 0 saturated carbocycles. The second-order valence-electron chi connectivity index (χ2n) is 10.4. The third-order valence-corrected chi connectivity index (χ3v) is 8.33. The minimum Gasteiger partial charge on any atom is -0.506 e. The van der Waals surface area contributed by atoms with Crippen molar-refractivity contribution in [2.75, 3.05) is 59.0 Å². The van der Waals surface area contributed by atoms with Gasteiger partial charge in [0.1, 0.15) is 11.3 Å². The highest BCUT2D eigenvalue weighted by Gasteiger charge is 2.15. The summed E-state index contributed by atoms with van der Waals surface area (Å²) in [5.74, 6) is -1.97. The lowest BCUT2D eigenvalue weighted by Crippen LogP contribution is -2.42. The van der Waals surface area contributed by atoms with Crippen molar-refractivity contribution >= 4 is 51.0 Å². The minimum absolute atomic E-state index is 0.0888. The van der Waals surface area contributed by atoms with E-state index in [-0.39, 0.29) is 29.4 Å². The first-order valence-electron chi connectivity index (χ1n) is 15.3. The molecule has 0 unspecified atom stereocenters. The molecule has 0 atom stereocenters. The molecule has 0 saturated heterocycles. The molecule has 2 aromatic carbocycles. The Hall–Kier alpha value is -3.49. The molecule has 1 heterocycles. The molecule has 46 heavy (non-hydrogen) atoms. The number of carboxylic acid groups (broad SMARTS) is 2. The lowest BCUT2D eigenvalue weighted by molar-refractivity contribution is -0.143. The quantitative estimate of drug-likeness (QED) is 0.110. The standard InChI is InChI=1S/C28H39ClN4O4S.C4H6O4/c1-3-32(4-2)16-17-33(25(35)12-19-37-18-11-21-6-5-7-23(29)20-21)15-14-30-13-10-22-8-9-24(34)26-27(22)38-28(36)31-26;5-3(6)1-2-4(7)8/h5-9,20,30,34H,3-4,10-19H2,1-2H3,(H,31,36);1-2H2,(H,5,6)(H,7,8). The maximum atomic E-state index is 13.0. The number of rotatable bonds is 20. The summed E-state index contributed by atoms with van der Waals surface area (Å²) in [5.41, 5.74) is 2.63. The van der Waals surface area contributed by atoms with Gasteiger partial charge in [0.25, 0.3) is 0 Å². The number of nitrogens with one attached hydrogen (secondary N) is 2. The number of amides is 1. The molecule has 0 spiro atoms. The number of fused-ring (bicyclic) bond motifs is 1. The number of benzene rings is 2. The summed E-state index contributed by atoms with van der Waals surface area (Å²) in [6, 6.07) is 11.2. The van der Waals surface area contributed by atoms with Gasteiger partial charge in [0, 0.05) is 31.2 Å². The molecule has 1 aromatic heterocycles. The van der Waals surface area contributed by atoms with Crippen molar-refractivity contribution in [2.24, 2.45) is 0 Å². The van der Waals surface area contributed by atoms with Gasteiger partial charge in [-0.3, -0.25) is 19.2 Å². The number of nitrogens with zero attached hydrogens (tertiary/aromatic N) is 2. The van der Waals surface area contributed by atoms with Crippen molar-refractivity contribution in [1.82, 2.24) is 20.1 Å². The van der Waals surface area contributed by atoms with Crippen LogP contribution in [0.1, 0.15) is 44.2 Å². The van der Waals surface area contributed by atoms with E-state index in [2.05, 4.69) is 29.0 Å². The van der Waals surface area contributed by atoms with Gasteiger partial charge in [0.05, 0.1) is 37.2 Å². The van der Waals surface area contributed by atoms with E-state index in [9.17, 15) is 24.3 Å². The Kier molecular flexibility index (Phi) is 17.9. The molecule has 3 aromatic rings. The molecule has 0 aliphatic rings. The van der Waals surface area contributed by atoms with Crippen molar-refractivity contribution in [3.05, 3.63) is 62.2 Å². The number of thiazole rings is 1. The lowest BCUT2D eigenvalue weighted by atomic mass is 10.1. The molecule has 0 aliphatic heterocycles. The number of halogens is 1. The zero-order valence-electron chi connectivity index (χ0n) is 26.4. The smallest absolute Gasteiger partial charge is 0.305 e. The van der Waals surface area contributed by atoms with E-state index in [1.807, 2.05) is 35.2 Å². The van der Waals surface area contributed by atoms with E-state index in [0.717, 1.165) is 59.6 Å². The van der Waals surface area contributed by atoms with Crippen LogP contribution in [0.15, 0.2) is 41.2 Å². The van der Waals surface area contributed by atoms with Gasteiger partial charge in [-0.1, -0.05) is 55.0 Å². The molecule has 0 bridgehead atoms. The Morgan fingerprint density at radius 1 is 0.935 bits per heavy atom. The number of carbonyl (C=O) groups excluding carboxylic acids is 1. The van der Waals surface area contributed by atoms with Crippen molar-refractivity contribution in [3.8, 4) is 5.75 Å². The van der Waals surface area contributed by atoms with Crippen LogP contribution < -0.4 is 10.2 Å². The summed E-state index contributed by atoms with van der Waals surface area (Å²) >= 11 is 7.15. The number of carboxylic acids is 2. The number of hydrogen-bond acceptors (Lipinski definition) is 9. The van der Waals surface area contributed by atoms with Gasteiger partial charge < -0.3 is 40.2 Å². The van der Waals surface area contributed by atoms with Crippen molar-refractivity contribution in [3.63, 3.8) is 0 Å². The van der Waals surface area contributed by atoms with Gasteiger partial charge in [0.15, 0.2) is 0 Å². The van der Waals surface area contributed by atoms with Crippen LogP contribution in [0.3, 0.4) is 0 Å². The minimum atomic E-state index is -1.08. The predicted molar refractivity (Wildman–Crippen MR) is 180 cm³/mol. The highest BCUT2D eigenvalue weighted by atomic mass is 35.5. The normalized spacial score (nSPS) is 11.0. The zero-order valence-corrected chi connectivity index (χ0v) is 28.0. The summed E-state index contributed by atoms with van der Waals surface area (Å²) in [6.45, 7) is 10.6. The number of ether oxygens (including phenoxy) is 1. The fourth-order valence-electron chi connectivity index (χ4n) is 4.51. The second-order valence-corrected chi connectivity index (χ2v) is 11.8. The third kappa shape index (κ3) is 14.7. The molecule has 12 nitrogen and oxygen atoms in total. The van der Waals surface area contributed by atoms with Gasteiger partial charge in [-0.15, -0.1) is 0 Å². The molecule has 3 rings (SSSR count). The van der Waals surface area contributed by atoms with Crippen LogP contribution >= 0.6 is 22.9 Å². The third-order valence-electron chi connectivity index (χ3n) is 7.14. The Morgan fingerprint density at radius 2 is 1.65 bits per heavy atom. The number of hydrogen-bond donors (Lipinski definition) is 5. The average molecular weight is 681 g/mol. The number of phenolic OH excluding ortho intramolecular Hbond substituents is 1. The number of aromatic hydroxyl groups is 1. The first kappa shape index (κ1) is 38.7. The maximum Gasteiger partial charge on any atom is 0.305 e. The molecule has 0 radical (unpaired) electrons.